The lowest BCUT2D eigenvalue weighted by Crippen LogP contribution is -2.04. The van der Waals surface area contributed by atoms with E-state index < -0.39 is 10.8 Å². The van der Waals surface area contributed by atoms with Crippen LogP contribution in [0.3, 0.4) is 0 Å². The monoisotopic (exact) mass is 198 g/mol. The van der Waals surface area contributed by atoms with E-state index in [2.05, 4.69) is 0 Å². The van der Waals surface area contributed by atoms with Crippen molar-refractivity contribution in [2.75, 3.05) is 5.75 Å². The van der Waals surface area contributed by atoms with Crippen molar-refractivity contribution in [1.29, 1.82) is 0 Å². The van der Waals surface area contributed by atoms with E-state index >= 15 is 0 Å². The van der Waals surface area contributed by atoms with Crippen LogP contribution in [-0.4, -0.2) is 15.1 Å². The molecule has 0 aromatic heterocycles. The molecule has 0 radical (unpaired) electrons. The molecule has 0 saturated carbocycles. The first-order valence-corrected chi connectivity index (χ1v) is 5.59. The lowest BCUT2D eigenvalue weighted by Gasteiger charge is -2.06. The van der Waals surface area contributed by atoms with Gasteiger partial charge in [0.05, 0.1) is 15.7 Å². The lowest BCUT2D eigenvalue weighted by molar-refractivity contribution is 0.461. The molecule has 0 fully saturated rings. The summed E-state index contributed by atoms with van der Waals surface area (Å²) in [4.78, 5) is 0.538. The number of hydrogen-bond donors (Lipinski definition) is 1. The average Bonchev–Trinajstić information content (AvgIpc) is 2.03. The Hall–Kier alpha value is -0.830. The molecule has 0 amide bonds. The quantitative estimate of drug-likeness (QED) is 0.808. The first-order valence-electron chi connectivity index (χ1n) is 4.27. The SMILES string of the molecule is CC(C)CS(=O)c1ccccc1O. The van der Waals surface area contributed by atoms with Crippen LogP contribution < -0.4 is 0 Å². The van der Waals surface area contributed by atoms with Gasteiger partial charge in [-0.05, 0) is 18.1 Å². The van der Waals surface area contributed by atoms with Crippen molar-refractivity contribution >= 4 is 10.8 Å². The molecule has 1 atom stereocenters. The molecule has 2 nitrogen and oxygen atoms in total. The Morgan fingerprint density at radius 1 is 1.38 bits per heavy atom. The van der Waals surface area contributed by atoms with Crippen molar-refractivity contribution in [3.63, 3.8) is 0 Å². The van der Waals surface area contributed by atoms with Crippen LogP contribution >= 0.6 is 0 Å². The predicted molar refractivity (Wildman–Crippen MR) is 54.2 cm³/mol. The molecule has 1 unspecified atom stereocenters. The van der Waals surface area contributed by atoms with Gasteiger partial charge in [0.15, 0.2) is 0 Å². The van der Waals surface area contributed by atoms with Crippen molar-refractivity contribution < 1.29 is 9.32 Å². The summed E-state index contributed by atoms with van der Waals surface area (Å²) in [6, 6.07) is 6.78. The molecule has 1 aromatic rings. The van der Waals surface area contributed by atoms with Crippen LogP contribution in [0, 0.1) is 5.92 Å². The second-order valence-electron chi connectivity index (χ2n) is 3.37. The average molecular weight is 198 g/mol. The van der Waals surface area contributed by atoms with Gasteiger partial charge in [0, 0.05) is 5.75 Å². The fourth-order valence-corrected chi connectivity index (χ4v) is 2.36. The fraction of sp³-hybridized carbons (Fsp3) is 0.400. The number of rotatable bonds is 3. The minimum absolute atomic E-state index is 0.126. The summed E-state index contributed by atoms with van der Waals surface area (Å²) in [6.45, 7) is 4.02. The van der Waals surface area contributed by atoms with Crippen LogP contribution in [0.25, 0.3) is 0 Å². The summed E-state index contributed by atoms with van der Waals surface area (Å²) < 4.78 is 11.6. The summed E-state index contributed by atoms with van der Waals surface area (Å²) in [5, 5.41) is 9.40. The molecule has 0 aliphatic rings. The Labute approximate surface area is 81.1 Å². The number of phenols is 1. The highest BCUT2D eigenvalue weighted by molar-refractivity contribution is 7.85. The molecule has 3 heteroatoms. The lowest BCUT2D eigenvalue weighted by atomic mass is 10.3. The van der Waals surface area contributed by atoms with Crippen LogP contribution in [0.15, 0.2) is 29.2 Å². The molecule has 72 valence electrons. The normalized spacial score (nSPS) is 13.2. The number of aromatic hydroxyl groups is 1. The largest absolute Gasteiger partial charge is 0.507 e. The van der Waals surface area contributed by atoms with E-state index in [0.717, 1.165) is 0 Å². The molecule has 0 heterocycles. The zero-order valence-corrected chi connectivity index (χ0v) is 8.67. The van der Waals surface area contributed by atoms with Crippen LogP contribution in [0.1, 0.15) is 13.8 Å². The maximum atomic E-state index is 11.6. The van der Waals surface area contributed by atoms with Gasteiger partial charge >= 0.3 is 0 Å². The van der Waals surface area contributed by atoms with Gasteiger partial charge in [-0.15, -0.1) is 0 Å². The third-order valence-electron chi connectivity index (χ3n) is 1.60. The van der Waals surface area contributed by atoms with Crippen molar-refractivity contribution in [2.45, 2.75) is 18.7 Å². The Morgan fingerprint density at radius 2 is 2.00 bits per heavy atom. The second kappa shape index (κ2) is 4.42. The van der Waals surface area contributed by atoms with E-state index in [4.69, 9.17) is 0 Å². The van der Waals surface area contributed by atoms with Crippen LogP contribution in [0.2, 0.25) is 0 Å². The predicted octanol–water partition coefficient (Wildman–Crippen LogP) is 2.16. The topological polar surface area (TPSA) is 37.3 Å². The summed E-state index contributed by atoms with van der Waals surface area (Å²) in [6.07, 6.45) is 0. The highest BCUT2D eigenvalue weighted by atomic mass is 32.2. The third kappa shape index (κ3) is 2.84. The summed E-state index contributed by atoms with van der Waals surface area (Å²) in [5.74, 6) is 1.10. The van der Waals surface area contributed by atoms with Gasteiger partial charge in [-0.25, -0.2) is 0 Å². The van der Waals surface area contributed by atoms with Gasteiger partial charge < -0.3 is 5.11 Å². The molecule has 13 heavy (non-hydrogen) atoms. The maximum Gasteiger partial charge on any atom is 0.131 e. The molecule has 1 rings (SSSR count). The minimum Gasteiger partial charge on any atom is -0.507 e. The number of para-hydroxylation sites is 1. The Balaban J connectivity index is 2.83. The van der Waals surface area contributed by atoms with Gasteiger partial charge in [-0.3, -0.25) is 4.21 Å². The molecule has 0 aliphatic heterocycles. The van der Waals surface area contributed by atoms with Crippen molar-refractivity contribution in [1.82, 2.24) is 0 Å². The van der Waals surface area contributed by atoms with Crippen LogP contribution in [0.5, 0.6) is 5.75 Å². The molecule has 0 spiro atoms. The van der Waals surface area contributed by atoms with E-state index in [1.165, 1.54) is 0 Å². The van der Waals surface area contributed by atoms with Crippen molar-refractivity contribution in [2.24, 2.45) is 5.92 Å². The zero-order chi connectivity index (χ0) is 9.84. The van der Waals surface area contributed by atoms with E-state index in [0.29, 0.717) is 16.6 Å². The van der Waals surface area contributed by atoms with Gasteiger partial charge in [0.2, 0.25) is 0 Å². The third-order valence-corrected chi connectivity index (χ3v) is 3.40. The molecule has 0 saturated heterocycles. The standard InChI is InChI=1S/C10H14O2S/c1-8(2)7-13(12)10-6-4-3-5-9(10)11/h3-6,8,11H,7H2,1-2H3. The number of hydrogen-bond acceptors (Lipinski definition) is 2. The van der Waals surface area contributed by atoms with E-state index in [1.54, 1.807) is 24.3 Å². The van der Waals surface area contributed by atoms with Crippen molar-refractivity contribution in [3.05, 3.63) is 24.3 Å². The number of benzene rings is 1. The highest BCUT2D eigenvalue weighted by Crippen LogP contribution is 2.20. The van der Waals surface area contributed by atoms with E-state index in [9.17, 15) is 9.32 Å². The van der Waals surface area contributed by atoms with Gasteiger partial charge in [-0.1, -0.05) is 26.0 Å². The van der Waals surface area contributed by atoms with Gasteiger partial charge in [-0.2, -0.15) is 0 Å². The second-order valence-corrected chi connectivity index (χ2v) is 4.84. The van der Waals surface area contributed by atoms with E-state index in [1.807, 2.05) is 13.8 Å². The summed E-state index contributed by atoms with van der Waals surface area (Å²) >= 11 is 0. The number of phenolic OH excluding ortho intramolecular Hbond substituents is 1. The van der Waals surface area contributed by atoms with E-state index in [-0.39, 0.29) is 5.75 Å². The highest BCUT2D eigenvalue weighted by Gasteiger charge is 2.09. The maximum absolute atomic E-state index is 11.6. The Kier molecular flexibility index (Phi) is 3.48. The summed E-state index contributed by atoms with van der Waals surface area (Å²) in [5.41, 5.74) is 0. The van der Waals surface area contributed by atoms with Crippen molar-refractivity contribution in [3.8, 4) is 5.75 Å². The summed E-state index contributed by atoms with van der Waals surface area (Å²) in [7, 11) is -1.08. The fourth-order valence-electron chi connectivity index (χ4n) is 1.04. The minimum atomic E-state index is -1.08. The first kappa shape index (κ1) is 10.3. The van der Waals surface area contributed by atoms with Crippen LogP contribution in [0.4, 0.5) is 0 Å². The molecule has 0 aliphatic carbocycles. The first-order chi connectivity index (χ1) is 6.11. The molecular weight excluding hydrogens is 184 g/mol. The molecule has 1 aromatic carbocycles. The molecule has 0 bridgehead atoms. The smallest absolute Gasteiger partial charge is 0.131 e. The van der Waals surface area contributed by atoms with Crippen LogP contribution in [-0.2, 0) is 10.8 Å². The molecular formula is C10H14O2S. The Bertz CT molecular complexity index is 308. The molecule has 1 N–H and O–H groups in total. The Morgan fingerprint density at radius 3 is 2.54 bits per heavy atom. The van der Waals surface area contributed by atoms with Gasteiger partial charge in [0.1, 0.15) is 5.75 Å². The van der Waals surface area contributed by atoms with Gasteiger partial charge in [0.25, 0.3) is 0 Å². The zero-order valence-electron chi connectivity index (χ0n) is 7.86.